The van der Waals surface area contributed by atoms with Gasteiger partial charge in [-0.05, 0) is 12.8 Å². The standard InChI is InChI=1S/C8H15NO2/c1-2-8(9(10)11)6-4-3-5-7-8/h2-7H2,1H3. The van der Waals surface area contributed by atoms with Crippen molar-refractivity contribution in [2.75, 3.05) is 0 Å². The summed E-state index contributed by atoms with van der Waals surface area (Å²) < 4.78 is 0. The molecule has 1 aliphatic carbocycles. The summed E-state index contributed by atoms with van der Waals surface area (Å²) in [4.78, 5) is 10.6. The quantitative estimate of drug-likeness (QED) is 0.456. The van der Waals surface area contributed by atoms with Crippen molar-refractivity contribution in [3.8, 4) is 0 Å². The van der Waals surface area contributed by atoms with Crippen LogP contribution in [0.2, 0.25) is 0 Å². The Hall–Kier alpha value is -0.600. The normalized spacial score (nSPS) is 23.0. The molecule has 1 rings (SSSR count). The topological polar surface area (TPSA) is 43.1 Å². The van der Waals surface area contributed by atoms with Gasteiger partial charge in [0.25, 0.3) is 0 Å². The molecule has 0 radical (unpaired) electrons. The molecule has 11 heavy (non-hydrogen) atoms. The van der Waals surface area contributed by atoms with Gasteiger partial charge >= 0.3 is 0 Å². The van der Waals surface area contributed by atoms with Crippen LogP contribution in [0.1, 0.15) is 45.4 Å². The smallest absolute Gasteiger partial charge is 0.222 e. The first kappa shape index (κ1) is 8.50. The van der Waals surface area contributed by atoms with Gasteiger partial charge in [-0.3, -0.25) is 10.1 Å². The van der Waals surface area contributed by atoms with Crippen LogP contribution in [0.15, 0.2) is 0 Å². The van der Waals surface area contributed by atoms with Crippen molar-refractivity contribution in [2.24, 2.45) is 0 Å². The third-order valence-corrected chi connectivity index (χ3v) is 2.83. The van der Waals surface area contributed by atoms with E-state index in [-0.39, 0.29) is 4.92 Å². The van der Waals surface area contributed by atoms with Crippen LogP contribution in [0.5, 0.6) is 0 Å². The van der Waals surface area contributed by atoms with Crippen molar-refractivity contribution in [3.05, 3.63) is 10.1 Å². The Balaban J connectivity index is 2.64. The lowest BCUT2D eigenvalue weighted by atomic mass is 9.80. The summed E-state index contributed by atoms with van der Waals surface area (Å²) in [5.41, 5.74) is -0.557. The molecule has 0 aliphatic heterocycles. The minimum absolute atomic E-state index is 0.0633. The van der Waals surface area contributed by atoms with Gasteiger partial charge in [-0.15, -0.1) is 0 Å². The lowest BCUT2D eigenvalue weighted by Crippen LogP contribution is -2.39. The van der Waals surface area contributed by atoms with Gasteiger partial charge in [0, 0.05) is 24.2 Å². The highest BCUT2D eigenvalue weighted by molar-refractivity contribution is 4.81. The Morgan fingerprint density at radius 3 is 2.18 bits per heavy atom. The molecule has 0 heterocycles. The first-order valence-electron chi connectivity index (χ1n) is 4.36. The second-order valence-corrected chi connectivity index (χ2v) is 3.40. The maximum absolute atomic E-state index is 10.7. The van der Waals surface area contributed by atoms with E-state index in [1.54, 1.807) is 0 Å². The molecule has 1 saturated carbocycles. The Labute approximate surface area is 66.9 Å². The third kappa shape index (κ3) is 1.52. The van der Waals surface area contributed by atoms with Crippen molar-refractivity contribution in [3.63, 3.8) is 0 Å². The van der Waals surface area contributed by atoms with Crippen LogP contribution in [0.4, 0.5) is 0 Å². The molecule has 0 aromatic rings. The number of hydrogen-bond donors (Lipinski definition) is 0. The Morgan fingerprint density at radius 2 is 1.91 bits per heavy atom. The molecule has 0 unspecified atom stereocenters. The van der Waals surface area contributed by atoms with Gasteiger partial charge in [-0.25, -0.2) is 0 Å². The number of hydrogen-bond acceptors (Lipinski definition) is 2. The summed E-state index contributed by atoms with van der Waals surface area (Å²) in [6.45, 7) is 1.92. The first-order chi connectivity index (χ1) is 5.21. The summed E-state index contributed by atoms with van der Waals surface area (Å²) >= 11 is 0. The summed E-state index contributed by atoms with van der Waals surface area (Å²) in [5, 5.41) is 10.7. The van der Waals surface area contributed by atoms with E-state index in [1.165, 1.54) is 6.42 Å². The molecule has 0 N–H and O–H groups in total. The van der Waals surface area contributed by atoms with Crippen LogP contribution in [-0.4, -0.2) is 10.5 Å². The minimum Gasteiger partial charge on any atom is -0.264 e. The van der Waals surface area contributed by atoms with Gasteiger partial charge in [0.2, 0.25) is 5.54 Å². The maximum Gasteiger partial charge on any atom is 0.222 e. The Kier molecular flexibility index (Phi) is 2.47. The maximum atomic E-state index is 10.7. The summed E-state index contributed by atoms with van der Waals surface area (Å²) in [6, 6.07) is 0. The van der Waals surface area contributed by atoms with Gasteiger partial charge in [0.05, 0.1) is 0 Å². The number of rotatable bonds is 2. The molecule has 0 bridgehead atoms. The molecule has 0 aromatic heterocycles. The highest BCUT2D eigenvalue weighted by atomic mass is 16.6. The lowest BCUT2D eigenvalue weighted by Gasteiger charge is -2.27. The van der Waals surface area contributed by atoms with E-state index < -0.39 is 5.54 Å². The monoisotopic (exact) mass is 157 g/mol. The largest absolute Gasteiger partial charge is 0.264 e. The van der Waals surface area contributed by atoms with E-state index >= 15 is 0 Å². The molecule has 0 spiro atoms. The average molecular weight is 157 g/mol. The van der Waals surface area contributed by atoms with E-state index in [0.29, 0.717) is 6.42 Å². The van der Waals surface area contributed by atoms with Crippen LogP contribution < -0.4 is 0 Å². The second-order valence-electron chi connectivity index (χ2n) is 3.40. The van der Waals surface area contributed by atoms with Crippen molar-refractivity contribution in [1.29, 1.82) is 0 Å². The summed E-state index contributed by atoms with van der Waals surface area (Å²) in [5.74, 6) is 0. The third-order valence-electron chi connectivity index (χ3n) is 2.83. The van der Waals surface area contributed by atoms with Crippen LogP contribution in [0.3, 0.4) is 0 Å². The van der Waals surface area contributed by atoms with Gasteiger partial charge in [0.1, 0.15) is 0 Å². The first-order valence-corrected chi connectivity index (χ1v) is 4.36. The van der Waals surface area contributed by atoms with Crippen LogP contribution >= 0.6 is 0 Å². The predicted octanol–water partition coefficient (Wildman–Crippen LogP) is 2.38. The Morgan fingerprint density at radius 1 is 1.36 bits per heavy atom. The molecule has 3 nitrogen and oxygen atoms in total. The van der Waals surface area contributed by atoms with E-state index in [9.17, 15) is 10.1 Å². The molecule has 64 valence electrons. The predicted molar refractivity (Wildman–Crippen MR) is 43.1 cm³/mol. The zero-order valence-corrected chi connectivity index (χ0v) is 7.01. The fourth-order valence-corrected chi connectivity index (χ4v) is 1.88. The fraction of sp³-hybridized carbons (Fsp3) is 1.00. The van der Waals surface area contributed by atoms with Gasteiger partial charge < -0.3 is 0 Å². The highest BCUT2D eigenvalue weighted by Crippen LogP contribution is 2.33. The molecular weight excluding hydrogens is 142 g/mol. The minimum atomic E-state index is -0.557. The molecular formula is C8H15NO2. The second kappa shape index (κ2) is 3.20. The van der Waals surface area contributed by atoms with Gasteiger partial charge in [-0.1, -0.05) is 13.3 Å². The summed E-state index contributed by atoms with van der Waals surface area (Å²) in [7, 11) is 0. The molecule has 0 atom stereocenters. The van der Waals surface area contributed by atoms with Crippen molar-refractivity contribution >= 4 is 0 Å². The lowest BCUT2D eigenvalue weighted by molar-refractivity contribution is -0.575. The Bertz CT molecular complexity index is 150. The van der Waals surface area contributed by atoms with Crippen molar-refractivity contribution in [2.45, 2.75) is 51.0 Å². The molecule has 1 aliphatic rings. The molecule has 3 heteroatoms. The van der Waals surface area contributed by atoms with Crippen molar-refractivity contribution < 1.29 is 4.92 Å². The van der Waals surface area contributed by atoms with Gasteiger partial charge in [-0.2, -0.15) is 0 Å². The van der Waals surface area contributed by atoms with E-state index in [2.05, 4.69) is 0 Å². The molecule has 0 saturated heterocycles. The molecule has 0 aromatic carbocycles. The van der Waals surface area contributed by atoms with Crippen LogP contribution in [-0.2, 0) is 0 Å². The molecule has 1 fully saturated rings. The number of nitro groups is 1. The van der Waals surface area contributed by atoms with Crippen LogP contribution in [0.25, 0.3) is 0 Å². The van der Waals surface area contributed by atoms with Gasteiger partial charge in [0.15, 0.2) is 0 Å². The average Bonchev–Trinajstić information content (AvgIpc) is 2.05. The zero-order chi connectivity index (χ0) is 8.32. The fourth-order valence-electron chi connectivity index (χ4n) is 1.88. The van der Waals surface area contributed by atoms with Crippen molar-refractivity contribution in [1.82, 2.24) is 0 Å². The SMILES string of the molecule is CCC1([N+](=O)[O-])CCCCC1. The van der Waals surface area contributed by atoms with Crippen LogP contribution in [0, 0.1) is 10.1 Å². The zero-order valence-electron chi connectivity index (χ0n) is 7.01. The molecule has 0 amide bonds. The summed E-state index contributed by atoms with van der Waals surface area (Å²) in [6.07, 6.45) is 5.52. The van der Waals surface area contributed by atoms with E-state index in [4.69, 9.17) is 0 Å². The van der Waals surface area contributed by atoms with E-state index in [0.717, 1.165) is 25.7 Å². The highest BCUT2D eigenvalue weighted by Gasteiger charge is 2.41. The number of nitrogens with zero attached hydrogens (tertiary/aromatic N) is 1. The van der Waals surface area contributed by atoms with E-state index in [1.807, 2.05) is 6.92 Å².